The second-order valence-corrected chi connectivity index (χ2v) is 6.02. The molecule has 1 saturated heterocycles. The molecule has 1 aliphatic heterocycles. The van der Waals surface area contributed by atoms with Crippen LogP contribution in [0.25, 0.3) is 0 Å². The Morgan fingerprint density at radius 3 is 2.33 bits per heavy atom. The van der Waals surface area contributed by atoms with Crippen LogP contribution in [-0.4, -0.2) is 78.6 Å². The monoisotopic (exact) mass is 272 g/mol. The average molecular weight is 272 g/mol. The van der Waals surface area contributed by atoms with Gasteiger partial charge in [0.2, 0.25) is 0 Å². The quantitative estimate of drug-likeness (QED) is 0.688. The first kappa shape index (κ1) is 15.8. The molecule has 0 aromatic rings. The van der Waals surface area contributed by atoms with E-state index in [-0.39, 0.29) is 0 Å². The number of hydrogen-bond acceptors (Lipinski definition) is 4. The second kappa shape index (κ2) is 8.04. The Morgan fingerprint density at radius 2 is 1.83 bits per heavy atom. The molecule has 4 nitrogen and oxygen atoms in total. The Hall–Kier alpha value is -0.230. The van der Waals surface area contributed by atoms with Crippen molar-refractivity contribution in [3.8, 4) is 0 Å². The van der Waals surface area contributed by atoms with Crippen LogP contribution >= 0.6 is 12.2 Å². The van der Waals surface area contributed by atoms with Crippen molar-refractivity contribution in [2.45, 2.75) is 26.3 Å². The SMILES string of the molecule is CC(C)N(CCC(N)=S)CCN1CCN(C)CC1. The third-order valence-corrected chi connectivity index (χ3v) is 3.88. The lowest BCUT2D eigenvalue weighted by molar-refractivity contribution is 0.126. The van der Waals surface area contributed by atoms with Crippen LogP contribution in [0.15, 0.2) is 0 Å². The predicted molar refractivity (Wildman–Crippen MR) is 82.0 cm³/mol. The molecule has 0 aromatic heterocycles. The van der Waals surface area contributed by atoms with Gasteiger partial charge in [-0.2, -0.15) is 0 Å². The molecule has 1 rings (SSSR count). The largest absolute Gasteiger partial charge is 0.393 e. The molecule has 0 saturated carbocycles. The molecule has 0 spiro atoms. The normalized spacial score (nSPS) is 18.7. The zero-order valence-electron chi connectivity index (χ0n) is 12.1. The molecule has 0 aromatic carbocycles. The molecule has 0 aliphatic carbocycles. The third kappa shape index (κ3) is 6.09. The van der Waals surface area contributed by atoms with Gasteiger partial charge in [0.1, 0.15) is 0 Å². The molecule has 2 N–H and O–H groups in total. The van der Waals surface area contributed by atoms with E-state index in [1.54, 1.807) is 0 Å². The van der Waals surface area contributed by atoms with E-state index in [0.29, 0.717) is 11.0 Å². The molecule has 0 amide bonds. The summed E-state index contributed by atoms with van der Waals surface area (Å²) in [4.78, 5) is 8.04. The van der Waals surface area contributed by atoms with E-state index >= 15 is 0 Å². The van der Waals surface area contributed by atoms with Crippen LogP contribution in [0.4, 0.5) is 0 Å². The summed E-state index contributed by atoms with van der Waals surface area (Å²) in [5.41, 5.74) is 5.58. The van der Waals surface area contributed by atoms with Crippen molar-refractivity contribution in [1.29, 1.82) is 0 Å². The van der Waals surface area contributed by atoms with Crippen molar-refractivity contribution in [1.82, 2.24) is 14.7 Å². The van der Waals surface area contributed by atoms with Crippen LogP contribution < -0.4 is 5.73 Å². The fourth-order valence-electron chi connectivity index (χ4n) is 2.22. The van der Waals surface area contributed by atoms with Crippen LogP contribution in [0.5, 0.6) is 0 Å². The van der Waals surface area contributed by atoms with E-state index in [1.165, 1.54) is 26.2 Å². The topological polar surface area (TPSA) is 35.7 Å². The molecule has 106 valence electrons. The number of hydrogen-bond donors (Lipinski definition) is 1. The first-order valence-corrected chi connectivity index (χ1v) is 7.33. The number of thiocarbonyl (C=S) groups is 1. The van der Waals surface area contributed by atoms with Crippen molar-refractivity contribution in [3.05, 3.63) is 0 Å². The molecular formula is C13H28N4S. The summed E-state index contributed by atoms with van der Waals surface area (Å²) in [6, 6.07) is 0.562. The molecule has 0 unspecified atom stereocenters. The second-order valence-electron chi connectivity index (χ2n) is 5.49. The fourth-order valence-corrected chi connectivity index (χ4v) is 2.31. The van der Waals surface area contributed by atoms with Gasteiger partial charge in [-0.05, 0) is 20.9 Å². The summed E-state index contributed by atoms with van der Waals surface area (Å²) < 4.78 is 0. The number of likely N-dealkylation sites (N-methyl/N-ethyl adjacent to an activating group) is 1. The lowest BCUT2D eigenvalue weighted by atomic mass is 10.2. The molecule has 18 heavy (non-hydrogen) atoms. The van der Waals surface area contributed by atoms with E-state index in [2.05, 4.69) is 35.6 Å². The van der Waals surface area contributed by atoms with Gasteiger partial charge in [0.15, 0.2) is 0 Å². The number of rotatable bonds is 7. The minimum Gasteiger partial charge on any atom is -0.393 e. The van der Waals surface area contributed by atoms with E-state index in [4.69, 9.17) is 18.0 Å². The van der Waals surface area contributed by atoms with Gasteiger partial charge in [0, 0.05) is 58.3 Å². The van der Waals surface area contributed by atoms with Crippen molar-refractivity contribution < 1.29 is 0 Å². The number of nitrogens with two attached hydrogens (primary N) is 1. The Labute approximate surface area is 117 Å². The Morgan fingerprint density at radius 1 is 1.22 bits per heavy atom. The minimum absolute atomic E-state index is 0.562. The number of nitrogens with zero attached hydrogens (tertiary/aromatic N) is 3. The van der Waals surface area contributed by atoms with Crippen LogP contribution in [0.2, 0.25) is 0 Å². The maximum Gasteiger partial charge on any atom is 0.0740 e. The van der Waals surface area contributed by atoms with E-state index in [1.807, 2.05) is 0 Å². The summed E-state index contributed by atoms with van der Waals surface area (Å²) in [5, 5.41) is 0. The van der Waals surface area contributed by atoms with Crippen molar-refractivity contribution in [2.24, 2.45) is 5.73 Å². The van der Waals surface area contributed by atoms with E-state index in [9.17, 15) is 0 Å². The Bertz CT molecular complexity index is 249. The van der Waals surface area contributed by atoms with Crippen molar-refractivity contribution >= 4 is 17.2 Å². The lowest BCUT2D eigenvalue weighted by Gasteiger charge is -2.35. The molecule has 0 radical (unpaired) electrons. The van der Waals surface area contributed by atoms with Gasteiger partial charge in [-0.15, -0.1) is 0 Å². The van der Waals surface area contributed by atoms with Gasteiger partial charge in [0.05, 0.1) is 4.99 Å². The first-order chi connectivity index (χ1) is 8.49. The van der Waals surface area contributed by atoms with Crippen molar-refractivity contribution in [3.63, 3.8) is 0 Å². The minimum atomic E-state index is 0.562. The average Bonchev–Trinajstić information content (AvgIpc) is 2.30. The summed E-state index contributed by atoms with van der Waals surface area (Å²) in [6.45, 7) is 12.5. The Kier molecular flexibility index (Phi) is 7.07. The molecule has 5 heteroatoms. The highest BCUT2D eigenvalue weighted by Crippen LogP contribution is 2.03. The predicted octanol–water partition coefficient (Wildman–Crippen LogP) is 0.620. The lowest BCUT2D eigenvalue weighted by Crippen LogP contribution is -2.48. The summed E-state index contributed by atoms with van der Waals surface area (Å²) in [7, 11) is 2.19. The van der Waals surface area contributed by atoms with Gasteiger partial charge in [0.25, 0.3) is 0 Å². The van der Waals surface area contributed by atoms with Gasteiger partial charge in [-0.25, -0.2) is 0 Å². The van der Waals surface area contributed by atoms with Crippen LogP contribution in [0, 0.1) is 0 Å². The zero-order valence-corrected chi connectivity index (χ0v) is 12.9. The molecule has 0 bridgehead atoms. The summed E-state index contributed by atoms with van der Waals surface area (Å²) in [6.07, 6.45) is 0.830. The zero-order chi connectivity index (χ0) is 13.5. The van der Waals surface area contributed by atoms with E-state index < -0.39 is 0 Å². The van der Waals surface area contributed by atoms with E-state index in [0.717, 1.165) is 26.1 Å². The summed E-state index contributed by atoms with van der Waals surface area (Å²) in [5.74, 6) is 0. The van der Waals surface area contributed by atoms with Crippen LogP contribution in [0.1, 0.15) is 20.3 Å². The highest BCUT2D eigenvalue weighted by atomic mass is 32.1. The first-order valence-electron chi connectivity index (χ1n) is 6.92. The maximum atomic E-state index is 5.58. The molecule has 1 fully saturated rings. The molecule has 1 heterocycles. The fraction of sp³-hybridized carbons (Fsp3) is 0.923. The van der Waals surface area contributed by atoms with Gasteiger partial charge in [-0.3, -0.25) is 9.80 Å². The van der Waals surface area contributed by atoms with Crippen molar-refractivity contribution in [2.75, 3.05) is 52.9 Å². The standard InChI is InChI=1S/C13H28N4S/c1-12(2)17(5-4-13(14)18)11-10-16-8-6-15(3)7-9-16/h12H,4-11H2,1-3H3,(H2,14,18). The van der Waals surface area contributed by atoms with Crippen LogP contribution in [0.3, 0.4) is 0 Å². The third-order valence-electron chi connectivity index (χ3n) is 3.68. The highest BCUT2D eigenvalue weighted by Gasteiger charge is 2.16. The van der Waals surface area contributed by atoms with Gasteiger partial charge in [-0.1, -0.05) is 12.2 Å². The molecule has 0 atom stereocenters. The number of piperazine rings is 1. The van der Waals surface area contributed by atoms with Crippen LogP contribution in [-0.2, 0) is 0 Å². The smallest absolute Gasteiger partial charge is 0.0740 e. The van der Waals surface area contributed by atoms with Gasteiger partial charge < -0.3 is 10.6 Å². The highest BCUT2D eigenvalue weighted by molar-refractivity contribution is 7.80. The maximum absolute atomic E-state index is 5.58. The molecule has 1 aliphatic rings. The van der Waals surface area contributed by atoms with Gasteiger partial charge >= 0.3 is 0 Å². The molecular weight excluding hydrogens is 244 g/mol. The Balaban J connectivity index is 2.26. The summed E-state index contributed by atoms with van der Waals surface area (Å²) >= 11 is 4.96.